The van der Waals surface area contributed by atoms with Crippen molar-refractivity contribution in [3.05, 3.63) is 99.6 Å². The quantitative estimate of drug-likeness (QED) is 0.270. The lowest BCUT2D eigenvalue weighted by atomic mass is 9.54. The summed E-state index contributed by atoms with van der Waals surface area (Å²) in [6, 6.07) is 21.5. The molecule has 3 aliphatic carbocycles. The van der Waals surface area contributed by atoms with Crippen molar-refractivity contribution in [2.45, 2.75) is 15.6 Å². The minimum atomic E-state index is -0.781. The molecule has 1 fully saturated rings. The summed E-state index contributed by atoms with van der Waals surface area (Å²) in [6.07, 6.45) is 0. The molecular weight excluding hydrogens is 542 g/mol. The minimum Gasteiger partial charge on any atom is -0.274 e. The lowest BCUT2D eigenvalue weighted by molar-refractivity contribution is -0.122. The van der Waals surface area contributed by atoms with E-state index in [0.29, 0.717) is 10.7 Å². The van der Waals surface area contributed by atoms with Crippen LogP contribution >= 0.6 is 43.5 Å². The number of carbonyl (C=O) groups is 2. The Morgan fingerprint density at radius 3 is 1.58 bits per heavy atom. The first-order valence-corrected chi connectivity index (χ1v) is 12.0. The Kier molecular flexibility index (Phi) is 4.01. The van der Waals surface area contributed by atoms with E-state index < -0.39 is 20.5 Å². The highest BCUT2D eigenvalue weighted by molar-refractivity contribution is 9.10. The Bertz CT molecular complexity index is 1200. The third-order valence-electron chi connectivity index (χ3n) is 7.00. The van der Waals surface area contributed by atoms with Crippen LogP contribution in [-0.4, -0.2) is 11.8 Å². The number of aryl methyl sites for hydroxylation is 1. The van der Waals surface area contributed by atoms with E-state index in [4.69, 9.17) is 11.6 Å². The molecule has 1 heterocycles. The molecule has 6 heteroatoms. The van der Waals surface area contributed by atoms with E-state index in [1.165, 1.54) is 4.90 Å². The number of rotatable bonds is 1. The van der Waals surface area contributed by atoms with E-state index in [0.717, 1.165) is 27.8 Å². The predicted octanol–water partition coefficient (Wildman–Crippen LogP) is 6.06. The first kappa shape index (κ1) is 19.7. The molecule has 0 saturated carbocycles. The number of anilines is 1. The van der Waals surface area contributed by atoms with Gasteiger partial charge in [-0.1, -0.05) is 98.1 Å². The highest BCUT2D eigenvalue weighted by atomic mass is 79.9. The van der Waals surface area contributed by atoms with Crippen molar-refractivity contribution in [1.82, 2.24) is 0 Å². The van der Waals surface area contributed by atoms with Crippen molar-refractivity contribution in [3.8, 4) is 0 Å². The Hall–Kier alpha value is -1.95. The molecule has 1 saturated heterocycles. The van der Waals surface area contributed by atoms with Gasteiger partial charge in [-0.25, -0.2) is 4.90 Å². The zero-order chi connectivity index (χ0) is 21.7. The number of alkyl halides is 2. The van der Waals surface area contributed by atoms with E-state index >= 15 is 0 Å². The Morgan fingerprint density at radius 2 is 1.19 bits per heavy atom. The molecule has 3 aromatic rings. The monoisotopic (exact) mass is 555 g/mol. The van der Waals surface area contributed by atoms with Gasteiger partial charge in [0.15, 0.2) is 0 Å². The van der Waals surface area contributed by atoms with Crippen LogP contribution in [0.25, 0.3) is 0 Å². The van der Waals surface area contributed by atoms with Gasteiger partial charge in [-0.3, -0.25) is 9.59 Å². The molecule has 2 atom stereocenters. The topological polar surface area (TPSA) is 37.4 Å². The maximum Gasteiger partial charge on any atom is 0.239 e. The zero-order valence-electron chi connectivity index (χ0n) is 16.4. The highest BCUT2D eigenvalue weighted by Gasteiger charge is 2.72. The summed E-state index contributed by atoms with van der Waals surface area (Å²) in [5, 5.41) is 0.532. The first-order chi connectivity index (χ1) is 14.8. The highest BCUT2D eigenvalue weighted by Crippen LogP contribution is 2.70. The molecule has 2 bridgehead atoms. The van der Waals surface area contributed by atoms with Crippen LogP contribution in [0.2, 0.25) is 5.02 Å². The van der Waals surface area contributed by atoms with Gasteiger partial charge in [-0.05, 0) is 46.9 Å². The SMILES string of the molecule is Cc1ccc(N2C(=O)[C@H]3[C@H](C2=O)C2(Br)c4ccccc4C3(Br)c3ccccc32)cc1Cl. The fourth-order valence-corrected chi connectivity index (χ4v) is 8.12. The van der Waals surface area contributed by atoms with Gasteiger partial charge in [-0.2, -0.15) is 0 Å². The van der Waals surface area contributed by atoms with Crippen LogP contribution in [0.3, 0.4) is 0 Å². The molecule has 4 aliphatic rings. The van der Waals surface area contributed by atoms with Crippen molar-refractivity contribution < 1.29 is 9.59 Å². The van der Waals surface area contributed by atoms with Crippen LogP contribution in [0.1, 0.15) is 27.8 Å². The average molecular weight is 558 g/mol. The summed E-state index contributed by atoms with van der Waals surface area (Å²) in [5.74, 6) is -1.58. The van der Waals surface area contributed by atoms with Crippen molar-refractivity contribution in [1.29, 1.82) is 0 Å². The van der Waals surface area contributed by atoms with Crippen LogP contribution < -0.4 is 4.90 Å². The van der Waals surface area contributed by atoms with E-state index in [9.17, 15) is 9.59 Å². The number of benzene rings is 3. The standard InChI is InChI=1S/C25H16Br2ClNO2/c1-13-10-11-14(12-19(13)28)29-22(30)20-21(23(29)31)25(27)16-7-3-2-6-15(16)24(20,26)17-8-4-5-9-18(17)25/h2-12,20-21H,1H3/t20-,21-,24?,25?/m1/s1. The van der Waals surface area contributed by atoms with Crippen molar-refractivity contribution in [3.63, 3.8) is 0 Å². The fourth-order valence-electron chi connectivity index (χ4n) is 5.64. The third kappa shape index (κ3) is 2.20. The molecule has 154 valence electrons. The fraction of sp³-hybridized carbons (Fsp3) is 0.200. The molecule has 31 heavy (non-hydrogen) atoms. The van der Waals surface area contributed by atoms with E-state index in [1.54, 1.807) is 12.1 Å². The van der Waals surface area contributed by atoms with E-state index in [-0.39, 0.29) is 11.8 Å². The lowest BCUT2D eigenvalue weighted by Gasteiger charge is -2.55. The molecule has 0 unspecified atom stereocenters. The summed E-state index contributed by atoms with van der Waals surface area (Å²) in [7, 11) is 0. The van der Waals surface area contributed by atoms with Crippen molar-refractivity contribution in [2.24, 2.45) is 11.8 Å². The van der Waals surface area contributed by atoms with Crippen molar-refractivity contribution in [2.75, 3.05) is 4.90 Å². The molecule has 3 nitrogen and oxygen atoms in total. The maximum atomic E-state index is 13.9. The molecule has 1 aliphatic heterocycles. The number of hydrogen-bond acceptors (Lipinski definition) is 2. The number of hydrogen-bond donors (Lipinski definition) is 0. The molecule has 0 spiro atoms. The smallest absolute Gasteiger partial charge is 0.239 e. The van der Waals surface area contributed by atoms with Gasteiger partial charge in [-0.15, -0.1) is 0 Å². The Labute approximate surface area is 201 Å². The second-order valence-electron chi connectivity index (χ2n) is 8.42. The number of carbonyl (C=O) groups excluding carboxylic acids is 2. The first-order valence-electron chi connectivity index (χ1n) is 10.0. The number of amides is 2. The van der Waals surface area contributed by atoms with Gasteiger partial charge in [0, 0.05) is 5.02 Å². The van der Waals surface area contributed by atoms with Gasteiger partial charge < -0.3 is 0 Å². The second-order valence-corrected chi connectivity index (χ2v) is 11.3. The number of halogens is 3. The predicted molar refractivity (Wildman–Crippen MR) is 128 cm³/mol. The minimum absolute atomic E-state index is 0.209. The van der Waals surface area contributed by atoms with Crippen LogP contribution in [0.15, 0.2) is 66.7 Å². The zero-order valence-corrected chi connectivity index (χ0v) is 20.3. The van der Waals surface area contributed by atoms with Gasteiger partial charge in [0.05, 0.1) is 26.2 Å². The van der Waals surface area contributed by atoms with Gasteiger partial charge in [0.25, 0.3) is 0 Å². The van der Waals surface area contributed by atoms with Gasteiger partial charge in [0.2, 0.25) is 11.8 Å². The summed E-state index contributed by atoms with van der Waals surface area (Å²) >= 11 is 14.4. The molecular formula is C25H16Br2ClNO2. The molecule has 7 rings (SSSR count). The largest absolute Gasteiger partial charge is 0.274 e. The molecule has 0 N–H and O–H groups in total. The molecule has 3 aromatic carbocycles. The molecule has 0 radical (unpaired) electrons. The number of nitrogens with zero attached hydrogens (tertiary/aromatic N) is 1. The average Bonchev–Trinajstić information content (AvgIpc) is 3.05. The summed E-state index contributed by atoms with van der Waals surface area (Å²) < 4.78 is -1.56. The maximum absolute atomic E-state index is 13.9. The van der Waals surface area contributed by atoms with Crippen LogP contribution in [0.5, 0.6) is 0 Å². The normalized spacial score (nSPS) is 30.3. The molecule has 2 amide bonds. The summed E-state index contributed by atoms with van der Waals surface area (Å²) in [5.41, 5.74) is 5.51. The van der Waals surface area contributed by atoms with Crippen LogP contribution in [0, 0.1) is 18.8 Å². The van der Waals surface area contributed by atoms with Gasteiger partial charge >= 0.3 is 0 Å². The summed E-state index contributed by atoms with van der Waals surface area (Å²) in [4.78, 5) is 29.2. The van der Waals surface area contributed by atoms with Crippen molar-refractivity contribution >= 4 is 61.0 Å². The van der Waals surface area contributed by atoms with Crippen LogP contribution in [-0.2, 0) is 18.2 Å². The second kappa shape index (κ2) is 6.31. The van der Waals surface area contributed by atoms with Crippen LogP contribution in [0.4, 0.5) is 5.69 Å². The third-order valence-corrected chi connectivity index (χ3v) is 10.1. The molecule has 0 aromatic heterocycles. The lowest BCUT2D eigenvalue weighted by Crippen LogP contribution is -2.56. The van der Waals surface area contributed by atoms with E-state index in [2.05, 4.69) is 56.1 Å². The summed E-state index contributed by atoms with van der Waals surface area (Å²) in [6.45, 7) is 1.90. The van der Waals surface area contributed by atoms with E-state index in [1.807, 2.05) is 37.3 Å². The Morgan fingerprint density at radius 1 is 0.774 bits per heavy atom. The number of imide groups is 1. The Balaban J connectivity index is 1.65. The van der Waals surface area contributed by atoms with Gasteiger partial charge in [0.1, 0.15) is 0 Å².